The van der Waals surface area contributed by atoms with Gasteiger partial charge in [0, 0.05) is 21.4 Å². The van der Waals surface area contributed by atoms with E-state index in [-0.39, 0.29) is 0 Å². The van der Waals surface area contributed by atoms with Crippen LogP contribution in [0.2, 0.25) is 0 Å². The maximum absolute atomic E-state index is 5.59. The standard InChI is InChI=1S/C11H13N3S2/c1-15-9-4-3-7(5-10(9)16-2)8-6-11(12)14-13-8/h3-6H,1-2H3,(H3,12,13,14). The van der Waals surface area contributed by atoms with Crippen LogP contribution in [0.25, 0.3) is 11.3 Å². The molecule has 0 radical (unpaired) electrons. The second-order valence-corrected chi connectivity index (χ2v) is 4.97. The third-order valence-corrected chi connectivity index (χ3v) is 3.99. The largest absolute Gasteiger partial charge is 0.382 e. The maximum Gasteiger partial charge on any atom is 0.145 e. The molecule has 1 aromatic carbocycles. The first-order valence-corrected chi connectivity index (χ1v) is 7.23. The van der Waals surface area contributed by atoms with Gasteiger partial charge in [-0.15, -0.1) is 23.5 Å². The Bertz CT molecular complexity index is 494. The minimum Gasteiger partial charge on any atom is -0.382 e. The number of nitrogens with one attached hydrogen (secondary N) is 1. The van der Waals surface area contributed by atoms with Crippen LogP contribution in [0, 0.1) is 0 Å². The molecule has 84 valence electrons. The first-order valence-electron chi connectivity index (χ1n) is 4.78. The molecule has 0 spiro atoms. The summed E-state index contributed by atoms with van der Waals surface area (Å²) >= 11 is 3.51. The fourth-order valence-corrected chi connectivity index (χ4v) is 2.97. The Labute approximate surface area is 103 Å². The number of nitrogen functional groups attached to an aromatic ring is 1. The van der Waals surface area contributed by atoms with Gasteiger partial charge >= 0.3 is 0 Å². The van der Waals surface area contributed by atoms with Crippen LogP contribution in [0.3, 0.4) is 0 Å². The fraction of sp³-hybridized carbons (Fsp3) is 0.182. The van der Waals surface area contributed by atoms with Crippen LogP contribution in [0.5, 0.6) is 0 Å². The Kier molecular flexibility index (Phi) is 3.46. The van der Waals surface area contributed by atoms with Gasteiger partial charge in [-0.05, 0) is 24.6 Å². The number of anilines is 1. The van der Waals surface area contributed by atoms with E-state index in [4.69, 9.17) is 5.73 Å². The van der Waals surface area contributed by atoms with E-state index in [2.05, 4.69) is 40.9 Å². The first kappa shape index (κ1) is 11.4. The van der Waals surface area contributed by atoms with E-state index >= 15 is 0 Å². The van der Waals surface area contributed by atoms with Crippen molar-refractivity contribution < 1.29 is 0 Å². The van der Waals surface area contributed by atoms with Gasteiger partial charge in [0.1, 0.15) is 5.82 Å². The number of benzene rings is 1. The van der Waals surface area contributed by atoms with Crippen molar-refractivity contribution in [3.63, 3.8) is 0 Å². The Morgan fingerprint density at radius 2 is 1.88 bits per heavy atom. The van der Waals surface area contributed by atoms with E-state index in [1.54, 1.807) is 23.5 Å². The first-order chi connectivity index (χ1) is 7.74. The highest BCUT2D eigenvalue weighted by Gasteiger charge is 2.05. The lowest BCUT2D eigenvalue weighted by Crippen LogP contribution is -1.82. The molecule has 1 aromatic heterocycles. The van der Waals surface area contributed by atoms with Gasteiger partial charge in [0.05, 0.1) is 5.69 Å². The molecule has 0 saturated carbocycles. The minimum atomic E-state index is 0.523. The van der Waals surface area contributed by atoms with Crippen molar-refractivity contribution in [3.8, 4) is 11.3 Å². The van der Waals surface area contributed by atoms with Crippen LogP contribution in [0.1, 0.15) is 0 Å². The number of hydrogen-bond acceptors (Lipinski definition) is 4. The normalized spacial score (nSPS) is 10.6. The third-order valence-electron chi connectivity index (χ3n) is 2.29. The van der Waals surface area contributed by atoms with Gasteiger partial charge in [-0.25, -0.2) is 0 Å². The number of aromatic amines is 1. The average Bonchev–Trinajstić information content (AvgIpc) is 2.75. The quantitative estimate of drug-likeness (QED) is 0.823. The molecule has 1 heterocycles. The highest BCUT2D eigenvalue weighted by molar-refractivity contribution is 8.01. The van der Waals surface area contributed by atoms with E-state index in [0.29, 0.717) is 5.82 Å². The smallest absolute Gasteiger partial charge is 0.145 e. The summed E-state index contributed by atoms with van der Waals surface area (Å²) in [6.07, 6.45) is 4.17. The van der Waals surface area contributed by atoms with Crippen LogP contribution < -0.4 is 5.73 Å². The Hall–Kier alpha value is -1.07. The number of H-pyrrole nitrogens is 1. The molecule has 0 aliphatic carbocycles. The van der Waals surface area contributed by atoms with Crippen molar-refractivity contribution in [2.75, 3.05) is 18.2 Å². The summed E-state index contributed by atoms with van der Waals surface area (Å²) < 4.78 is 0. The summed E-state index contributed by atoms with van der Waals surface area (Å²) in [6, 6.07) is 8.21. The topological polar surface area (TPSA) is 54.7 Å². The van der Waals surface area contributed by atoms with E-state index in [0.717, 1.165) is 11.3 Å². The Morgan fingerprint density at radius 3 is 2.44 bits per heavy atom. The molecule has 0 aliphatic heterocycles. The van der Waals surface area contributed by atoms with E-state index in [9.17, 15) is 0 Å². The molecule has 0 saturated heterocycles. The van der Waals surface area contributed by atoms with Crippen LogP contribution >= 0.6 is 23.5 Å². The summed E-state index contributed by atoms with van der Waals surface area (Å²) in [5.41, 5.74) is 7.67. The highest BCUT2D eigenvalue weighted by atomic mass is 32.2. The molecule has 0 fully saturated rings. The predicted octanol–water partition coefficient (Wildman–Crippen LogP) is 3.10. The predicted molar refractivity (Wildman–Crippen MR) is 72.0 cm³/mol. The van der Waals surface area contributed by atoms with Gasteiger partial charge in [0.2, 0.25) is 0 Å². The summed E-state index contributed by atoms with van der Waals surface area (Å²) in [6.45, 7) is 0. The molecule has 0 unspecified atom stereocenters. The van der Waals surface area contributed by atoms with Crippen molar-refractivity contribution >= 4 is 29.3 Å². The molecule has 3 N–H and O–H groups in total. The molecule has 0 atom stereocenters. The maximum atomic E-state index is 5.59. The molecule has 5 heteroatoms. The third kappa shape index (κ3) is 2.20. The summed E-state index contributed by atoms with van der Waals surface area (Å²) in [4.78, 5) is 2.57. The zero-order chi connectivity index (χ0) is 11.5. The zero-order valence-electron chi connectivity index (χ0n) is 9.15. The molecular weight excluding hydrogens is 238 g/mol. The van der Waals surface area contributed by atoms with Gasteiger partial charge < -0.3 is 5.73 Å². The summed E-state index contributed by atoms with van der Waals surface area (Å²) in [5, 5.41) is 6.85. The minimum absolute atomic E-state index is 0.523. The molecule has 16 heavy (non-hydrogen) atoms. The monoisotopic (exact) mass is 251 g/mol. The van der Waals surface area contributed by atoms with Crippen LogP contribution in [-0.2, 0) is 0 Å². The van der Waals surface area contributed by atoms with Crippen LogP contribution in [0.4, 0.5) is 5.82 Å². The van der Waals surface area contributed by atoms with Crippen molar-refractivity contribution in [1.82, 2.24) is 10.2 Å². The number of nitrogens with two attached hydrogens (primary N) is 1. The summed E-state index contributed by atoms with van der Waals surface area (Å²) in [7, 11) is 0. The van der Waals surface area contributed by atoms with E-state index in [1.807, 2.05) is 6.07 Å². The second kappa shape index (κ2) is 4.84. The number of nitrogens with zero attached hydrogens (tertiary/aromatic N) is 1. The van der Waals surface area contributed by atoms with Gasteiger partial charge in [0.15, 0.2) is 0 Å². The Morgan fingerprint density at radius 1 is 1.12 bits per heavy atom. The highest BCUT2D eigenvalue weighted by Crippen LogP contribution is 2.32. The lowest BCUT2D eigenvalue weighted by Gasteiger charge is -2.06. The second-order valence-electron chi connectivity index (χ2n) is 3.28. The number of aromatic nitrogens is 2. The van der Waals surface area contributed by atoms with Crippen LogP contribution in [-0.4, -0.2) is 22.7 Å². The molecule has 0 bridgehead atoms. The SMILES string of the molecule is CSc1ccc(-c2cc(N)n[nH]2)cc1SC. The molecule has 0 aliphatic rings. The molecular formula is C11H13N3S2. The zero-order valence-corrected chi connectivity index (χ0v) is 10.8. The van der Waals surface area contributed by atoms with E-state index in [1.165, 1.54) is 9.79 Å². The summed E-state index contributed by atoms with van der Waals surface area (Å²) in [5.74, 6) is 0.523. The Balaban J connectivity index is 2.43. The molecule has 2 rings (SSSR count). The van der Waals surface area contributed by atoms with Gasteiger partial charge in [0.25, 0.3) is 0 Å². The van der Waals surface area contributed by atoms with Crippen molar-refractivity contribution in [1.29, 1.82) is 0 Å². The number of hydrogen-bond donors (Lipinski definition) is 2. The average molecular weight is 251 g/mol. The van der Waals surface area contributed by atoms with Crippen molar-refractivity contribution in [2.45, 2.75) is 9.79 Å². The molecule has 3 nitrogen and oxygen atoms in total. The number of rotatable bonds is 3. The molecule has 0 amide bonds. The number of thioether (sulfide) groups is 2. The van der Waals surface area contributed by atoms with Gasteiger partial charge in [-0.1, -0.05) is 6.07 Å². The van der Waals surface area contributed by atoms with Crippen molar-refractivity contribution in [2.24, 2.45) is 0 Å². The van der Waals surface area contributed by atoms with Crippen LogP contribution in [0.15, 0.2) is 34.1 Å². The molecule has 2 aromatic rings. The van der Waals surface area contributed by atoms with E-state index < -0.39 is 0 Å². The lowest BCUT2D eigenvalue weighted by molar-refractivity contribution is 1.10. The fourth-order valence-electron chi connectivity index (χ4n) is 1.49. The van der Waals surface area contributed by atoms with Gasteiger partial charge in [-0.3, -0.25) is 5.10 Å². The lowest BCUT2D eigenvalue weighted by atomic mass is 10.1. The van der Waals surface area contributed by atoms with Crippen molar-refractivity contribution in [3.05, 3.63) is 24.3 Å². The van der Waals surface area contributed by atoms with Gasteiger partial charge in [-0.2, -0.15) is 5.10 Å².